The third-order valence-corrected chi connectivity index (χ3v) is 2.08. The molecule has 0 amide bonds. The molecule has 0 aliphatic carbocycles. The van der Waals surface area contributed by atoms with Crippen molar-refractivity contribution >= 4 is 7.85 Å². The van der Waals surface area contributed by atoms with Crippen LogP contribution in [0.25, 0.3) is 0 Å². The van der Waals surface area contributed by atoms with Gasteiger partial charge in [-0.3, -0.25) is 0 Å². The lowest BCUT2D eigenvalue weighted by atomic mass is 9.95. The summed E-state index contributed by atoms with van der Waals surface area (Å²) in [5.74, 6) is 0.762. The van der Waals surface area contributed by atoms with Crippen LogP contribution in [0.3, 0.4) is 0 Å². The largest absolute Gasteiger partial charge is 0.107 e. The molecule has 0 aliphatic rings. The van der Waals surface area contributed by atoms with E-state index >= 15 is 0 Å². The van der Waals surface area contributed by atoms with Gasteiger partial charge in [0.05, 0.1) is 0 Å². The molecule has 12 heavy (non-hydrogen) atoms. The van der Waals surface area contributed by atoms with Crippen LogP contribution in [0.15, 0.2) is 24.3 Å². The smallest absolute Gasteiger partial charge is 0.0625 e. The van der Waals surface area contributed by atoms with E-state index in [1.165, 1.54) is 17.5 Å². The van der Waals surface area contributed by atoms with Gasteiger partial charge in [0, 0.05) is 0 Å². The standard InChI is InChI=1S/C11H17B/c1-9(2)7-10-3-5-11(8-12)6-4-10/h3-6,9H,7-8,12H2,1-2H3. The predicted molar refractivity (Wildman–Crippen MR) is 57.2 cm³/mol. The van der Waals surface area contributed by atoms with Gasteiger partial charge in [0.2, 0.25) is 0 Å². The lowest BCUT2D eigenvalue weighted by Crippen LogP contribution is -1.94. The van der Waals surface area contributed by atoms with E-state index in [0.717, 1.165) is 12.2 Å². The van der Waals surface area contributed by atoms with Gasteiger partial charge in [-0.1, -0.05) is 50.0 Å². The van der Waals surface area contributed by atoms with Gasteiger partial charge in [0.1, 0.15) is 7.85 Å². The van der Waals surface area contributed by atoms with Gasteiger partial charge in [-0.15, -0.1) is 0 Å². The normalized spacial score (nSPS) is 10.6. The summed E-state index contributed by atoms with van der Waals surface area (Å²) in [7, 11) is 2.19. The van der Waals surface area contributed by atoms with Crippen molar-refractivity contribution in [3.63, 3.8) is 0 Å². The summed E-state index contributed by atoms with van der Waals surface area (Å²) in [6, 6.07) is 8.97. The van der Waals surface area contributed by atoms with Gasteiger partial charge < -0.3 is 0 Å². The fourth-order valence-electron chi connectivity index (χ4n) is 1.38. The second-order valence-corrected chi connectivity index (χ2v) is 3.77. The number of rotatable bonds is 3. The maximum Gasteiger partial charge on any atom is 0.107 e. The summed E-state index contributed by atoms with van der Waals surface area (Å²) in [5, 5.41) is 0. The summed E-state index contributed by atoms with van der Waals surface area (Å²) in [4.78, 5) is 0. The average molecular weight is 160 g/mol. The van der Waals surface area contributed by atoms with Crippen molar-refractivity contribution in [2.45, 2.75) is 26.6 Å². The molecule has 0 nitrogen and oxygen atoms in total. The summed E-state index contributed by atoms with van der Waals surface area (Å²) in [6.45, 7) is 4.52. The molecule has 0 heterocycles. The van der Waals surface area contributed by atoms with Crippen LogP contribution in [-0.4, -0.2) is 7.85 Å². The highest BCUT2D eigenvalue weighted by Crippen LogP contribution is 2.09. The summed E-state index contributed by atoms with van der Waals surface area (Å²) in [5.41, 5.74) is 2.89. The Hall–Kier alpha value is -0.715. The molecule has 0 radical (unpaired) electrons. The maximum atomic E-state index is 2.26. The van der Waals surface area contributed by atoms with E-state index < -0.39 is 0 Å². The van der Waals surface area contributed by atoms with Gasteiger partial charge >= 0.3 is 0 Å². The maximum absolute atomic E-state index is 2.26. The minimum atomic E-state index is 0.762. The first-order valence-electron chi connectivity index (χ1n) is 4.80. The molecule has 1 heteroatoms. The number of hydrogen-bond donors (Lipinski definition) is 0. The van der Waals surface area contributed by atoms with Gasteiger partial charge in [0.15, 0.2) is 0 Å². The second kappa shape index (κ2) is 4.35. The van der Waals surface area contributed by atoms with Gasteiger partial charge in [-0.25, -0.2) is 0 Å². The Morgan fingerprint density at radius 3 is 2.00 bits per heavy atom. The molecule has 0 aromatic heterocycles. The van der Waals surface area contributed by atoms with Crippen LogP contribution in [-0.2, 0) is 12.7 Å². The minimum Gasteiger partial charge on any atom is -0.0625 e. The predicted octanol–water partition coefficient (Wildman–Crippen LogP) is 2.02. The van der Waals surface area contributed by atoms with Gasteiger partial charge in [-0.2, -0.15) is 0 Å². The molecule has 0 fully saturated rings. The summed E-state index contributed by atoms with van der Waals surface area (Å²) >= 11 is 0. The molecule has 0 saturated heterocycles. The molecule has 64 valence electrons. The molecule has 0 bridgehead atoms. The summed E-state index contributed by atoms with van der Waals surface area (Å²) in [6.07, 6.45) is 2.34. The van der Waals surface area contributed by atoms with E-state index in [2.05, 4.69) is 46.0 Å². The van der Waals surface area contributed by atoms with Crippen molar-refractivity contribution in [1.82, 2.24) is 0 Å². The zero-order valence-corrected chi connectivity index (χ0v) is 8.30. The van der Waals surface area contributed by atoms with Crippen molar-refractivity contribution in [2.75, 3.05) is 0 Å². The average Bonchev–Trinajstić information content (AvgIpc) is 2.05. The summed E-state index contributed by atoms with van der Waals surface area (Å²) < 4.78 is 0. The van der Waals surface area contributed by atoms with Crippen LogP contribution in [0.1, 0.15) is 25.0 Å². The van der Waals surface area contributed by atoms with E-state index in [-0.39, 0.29) is 0 Å². The first kappa shape index (κ1) is 9.37. The van der Waals surface area contributed by atoms with Crippen LogP contribution >= 0.6 is 0 Å². The molecule has 1 aromatic rings. The molecule has 1 rings (SSSR count). The van der Waals surface area contributed by atoms with Crippen LogP contribution < -0.4 is 0 Å². The molecule has 0 atom stereocenters. The van der Waals surface area contributed by atoms with E-state index in [1.807, 2.05) is 0 Å². The molecule has 0 saturated carbocycles. The van der Waals surface area contributed by atoms with Crippen molar-refractivity contribution in [1.29, 1.82) is 0 Å². The Morgan fingerprint density at radius 1 is 1.08 bits per heavy atom. The van der Waals surface area contributed by atoms with Gasteiger partial charge in [-0.05, 0) is 17.9 Å². The molecule has 0 aliphatic heterocycles. The van der Waals surface area contributed by atoms with Crippen molar-refractivity contribution in [3.8, 4) is 0 Å². The monoisotopic (exact) mass is 160 g/mol. The first-order chi connectivity index (χ1) is 5.72. The van der Waals surface area contributed by atoms with E-state index in [1.54, 1.807) is 0 Å². The van der Waals surface area contributed by atoms with E-state index in [4.69, 9.17) is 0 Å². The zero-order chi connectivity index (χ0) is 8.97. The molecule has 0 spiro atoms. The fourth-order valence-corrected chi connectivity index (χ4v) is 1.38. The fraction of sp³-hybridized carbons (Fsp3) is 0.455. The van der Waals surface area contributed by atoms with Crippen molar-refractivity contribution in [3.05, 3.63) is 35.4 Å². The zero-order valence-electron chi connectivity index (χ0n) is 8.30. The van der Waals surface area contributed by atoms with Crippen molar-refractivity contribution < 1.29 is 0 Å². The molecular weight excluding hydrogens is 143 g/mol. The Kier molecular flexibility index (Phi) is 3.39. The molecule has 0 unspecified atom stereocenters. The Balaban J connectivity index is 2.65. The first-order valence-corrected chi connectivity index (χ1v) is 4.80. The third-order valence-electron chi connectivity index (χ3n) is 2.08. The molecule has 0 N–H and O–H groups in total. The second-order valence-electron chi connectivity index (χ2n) is 3.77. The Bertz CT molecular complexity index is 223. The lowest BCUT2D eigenvalue weighted by Gasteiger charge is -2.05. The van der Waals surface area contributed by atoms with Crippen LogP contribution in [0, 0.1) is 5.92 Å². The third kappa shape index (κ3) is 2.73. The molecular formula is C11H17B. The minimum absolute atomic E-state index is 0.762. The van der Waals surface area contributed by atoms with E-state index in [9.17, 15) is 0 Å². The van der Waals surface area contributed by atoms with Crippen LogP contribution in [0.5, 0.6) is 0 Å². The Morgan fingerprint density at radius 2 is 1.58 bits per heavy atom. The van der Waals surface area contributed by atoms with Crippen molar-refractivity contribution in [2.24, 2.45) is 5.92 Å². The quantitative estimate of drug-likeness (QED) is 0.593. The van der Waals surface area contributed by atoms with Gasteiger partial charge in [0.25, 0.3) is 0 Å². The van der Waals surface area contributed by atoms with Crippen LogP contribution in [0.4, 0.5) is 0 Å². The van der Waals surface area contributed by atoms with Crippen LogP contribution in [0.2, 0.25) is 0 Å². The SMILES string of the molecule is BCc1ccc(CC(C)C)cc1. The number of benzene rings is 1. The topological polar surface area (TPSA) is 0 Å². The highest BCUT2D eigenvalue weighted by molar-refractivity contribution is 6.08. The highest BCUT2D eigenvalue weighted by atomic mass is 14.0. The van der Waals surface area contributed by atoms with E-state index in [0.29, 0.717) is 0 Å². The lowest BCUT2D eigenvalue weighted by molar-refractivity contribution is 0.647. The number of hydrogen-bond acceptors (Lipinski definition) is 0. The highest BCUT2D eigenvalue weighted by Gasteiger charge is 1.96. The molecule has 1 aromatic carbocycles. The Labute approximate surface area is 76.4 Å².